The van der Waals surface area contributed by atoms with Gasteiger partial charge in [-0.15, -0.1) is 0 Å². The highest BCUT2D eigenvalue weighted by molar-refractivity contribution is 6.34. The number of hydrogen-bond donors (Lipinski definition) is 1. The smallest absolute Gasteiger partial charge is 0.244 e. The van der Waals surface area contributed by atoms with Gasteiger partial charge in [0.15, 0.2) is 0 Å². The number of anilines is 2. The summed E-state index contributed by atoms with van der Waals surface area (Å²) in [5.74, 6) is -0.488. The Morgan fingerprint density at radius 1 is 0.923 bits per heavy atom. The number of nitrogens with one attached hydrogen (secondary N) is 1. The average Bonchev–Trinajstić information content (AvgIpc) is 2.48. The Kier molecular flexibility index (Phi) is 6.09. The maximum absolute atomic E-state index is 12.6. The van der Waals surface area contributed by atoms with E-state index in [4.69, 9.17) is 11.6 Å². The first-order chi connectivity index (χ1) is 12.1. The first kappa shape index (κ1) is 20.0. The summed E-state index contributed by atoms with van der Waals surface area (Å²) < 4.78 is 0. The van der Waals surface area contributed by atoms with Crippen molar-refractivity contribution in [1.29, 1.82) is 0 Å². The topological polar surface area (TPSA) is 49.4 Å². The van der Waals surface area contributed by atoms with Gasteiger partial charge >= 0.3 is 0 Å². The van der Waals surface area contributed by atoms with Crippen LogP contribution in [0.4, 0.5) is 11.4 Å². The fraction of sp³-hybridized carbons (Fsp3) is 0.333. The number of rotatable bonds is 4. The molecule has 2 rings (SSSR count). The second kappa shape index (κ2) is 7.92. The molecule has 0 heterocycles. The van der Waals surface area contributed by atoms with Crippen LogP contribution in [-0.2, 0) is 9.59 Å². The number of nitrogens with zero attached hydrogens (tertiary/aromatic N) is 1. The third-order valence-electron chi connectivity index (χ3n) is 4.29. The molecule has 0 unspecified atom stereocenters. The Morgan fingerprint density at radius 2 is 1.42 bits per heavy atom. The molecule has 0 bridgehead atoms. The summed E-state index contributed by atoms with van der Waals surface area (Å²) in [6.45, 7) is 11.1. The van der Waals surface area contributed by atoms with Gasteiger partial charge in [-0.2, -0.15) is 0 Å². The Balaban J connectivity index is 2.29. The molecule has 2 amide bonds. The highest BCUT2D eigenvalue weighted by Gasteiger charge is 2.21. The quantitative estimate of drug-likeness (QED) is 0.831. The standard InChI is InChI=1S/C21H25ClN2O2/c1-12-7-14(3)20(15(4)8-12)23-19(26)11-24(17(6)25)21-16(5)9-13(2)10-18(21)22/h7-10H,11H2,1-6H3,(H,23,26). The largest absolute Gasteiger partial charge is 0.324 e. The molecule has 1 N–H and O–H groups in total. The SMILES string of the molecule is CC(=O)N(CC(=O)Nc1c(C)cc(C)cc1C)c1c(C)cc(C)cc1Cl. The maximum atomic E-state index is 12.6. The summed E-state index contributed by atoms with van der Waals surface area (Å²) in [7, 11) is 0. The van der Waals surface area contributed by atoms with Gasteiger partial charge in [-0.25, -0.2) is 0 Å². The summed E-state index contributed by atoms with van der Waals surface area (Å²) in [5, 5.41) is 3.40. The van der Waals surface area contributed by atoms with Gasteiger partial charge in [0, 0.05) is 12.6 Å². The summed E-state index contributed by atoms with van der Waals surface area (Å²) in [6.07, 6.45) is 0. The van der Waals surface area contributed by atoms with Gasteiger partial charge in [0.2, 0.25) is 11.8 Å². The van der Waals surface area contributed by atoms with Crippen molar-refractivity contribution >= 4 is 34.8 Å². The fourth-order valence-corrected chi connectivity index (χ4v) is 3.72. The lowest BCUT2D eigenvalue weighted by Crippen LogP contribution is -2.37. The number of carbonyl (C=O) groups is 2. The van der Waals surface area contributed by atoms with Crippen LogP contribution < -0.4 is 10.2 Å². The molecule has 0 aliphatic rings. The summed E-state index contributed by atoms with van der Waals surface area (Å²) >= 11 is 6.36. The van der Waals surface area contributed by atoms with Gasteiger partial charge in [0.25, 0.3) is 0 Å². The van der Waals surface area contributed by atoms with Crippen molar-refractivity contribution < 1.29 is 9.59 Å². The molecule has 138 valence electrons. The molecule has 0 saturated heterocycles. The third kappa shape index (κ3) is 4.44. The van der Waals surface area contributed by atoms with E-state index in [0.717, 1.165) is 33.5 Å². The van der Waals surface area contributed by atoms with E-state index in [1.165, 1.54) is 11.8 Å². The Morgan fingerprint density at radius 3 is 1.92 bits per heavy atom. The number of hydrogen-bond acceptors (Lipinski definition) is 2. The van der Waals surface area contributed by atoms with Crippen LogP contribution in [0.25, 0.3) is 0 Å². The molecule has 4 nitrogen and oxygen atoms in total. The van der Waals surface area contributed by atoms with Crippen molar-refractivity contribution in [3.8, 4) is 0 Å². The minimum atomic E-state index is -0.258. The van der Waals surface area contributed by atoms with E-state index in [-0.39, 0.29) is 18.4 Å². The van der Waals surface area contributed by atoms with Crippen LogP contribution in [0, 0.1) is 34.6 Å². The van der Waals surface area contributed by atoms with E-state index in [9.17, 15) is 9.59 Å². The number of carbonyl (C=O) groups excluding carboxylic acids is 2. The van der Waals surface area contributed by atoms with E-state index in [1.807, 2.05) is 52.8 Å². The molecular weight excluding hydrogens is 348 g/mol. The second-order valence-electron chi connectivity index (χ2n) is 6.84. The normalized spacial score (nSPS) is 10.6. The lowest BCUT2D eigenvalue weighted by molar-refractivity contribution is -0.120. The van der Waals surface area contributed by atoms with Gasteiger partial charge in [-0.05, 0) is 62.9 Å². The lowest BCUT2D eigenvalue weighted by atomic mass is 10.1. The first-order valence-corrected chi connectivity index (χ1v) is 8.90. The minimum Gasteiger partial charge on any atom is -0.324 e. The molecule has 0 spiro atoms. The number of benzene rings is 2. The number of halogens is 1. The second-order valence-corrected chi connectivity index (χ2v) is 7.25. The summed E-state index contributed by atoms with van der Waals surface area (Å²) in [6, 6.07) is 7.79. The van der Waals surface area contributed by atoms with Crippen LogP contribution in [0.5, 0.6) is 0 Å². The average molecular weight is 373 g/mol. The summed E-state index contributed by atoms with van der Waals surface area (Å²) in [5.41, 5.74) is 6.37. The highest BCUT2D eigenvalue weighted by Crippen LogP contribution is 2.31. The van der Waals surface area contributed by atoms with Crippen molar-refractivity contribution in [1.82, 2.24) is 0 Å². The molecule has 0 saturated carbocycles. The maximum Gasteiger partial charge on any atom is 0.244 e. The summed E-state index contributed by atoms with van der Waals surface area (Å²) in [4.78, 5) is 26.2. The number of amides is 2. The van der Waals surface area contributed by atoms with E-state index < -0.39 is 0 Å². The van der Waals surface area contributed by atoms with Crippen molar-refractivity contribution in [2.45, 2.75) is 41.5 Å². The van der Waals surface area contributed by atoms with Gasteiger partial charge in [-0.3, -0.25) is 9.59 Å². The zero-order chi connectivity index (χ0) is 19.6. The van der Waals surface area contributed by atoms with E-state index >= 15 is 0 Å². The first-order valence-electron chi connectivity index (χ1n) is 8.52. The molecule has 26 heavy (non-hydrogen) atoms. The Labute approximate surface area is 160 Å². The van der Waals surface area contributed by atoms with Gasteiger partial charge in [0.1, 0.15) is 6.54 Å². The predicted octanol–water partition coefficient (Wildman–Crippen LogP) is 4.87. The van der Waals surface area contributed by atoms with E-state index in [2.05, 4.69) is 5.32 Å². The number of aryl methyl sites for hydroxylation is 5. The molecule has 2 aromatic rings. The molecule has 0 aromatic heterocycles. The zero-order valence-electron chi connectivity index (χ0n) is 16.2. The van der Waals surface area contributed by atoms with Crippen LogP contribution in [-0.4, -0.2) is 18.4 Å². The van der Waals surface area contributed by atoms with Crippen molar-refractivity contribution in [2.24, 2.45) is 0 Å². The fourth-order valence-electron chi connectivity index (χ4n) is 3.30. The van der Waals surface area contributed by atoms with Crippen LogP contribution >= 0.6 is 11.6 Å². The van der Waals surface area contributed by atoms with Gasteiger partial charge in [0.05, 0.1) is 10.7 Å². The minimum absolute atomic E-state index is 0.0916. The molecule has 2 aromatic carbocycles. The Hall–Kier alpha value is -2.33. The van der Waals surface area contributed by atoms with E-state index in [0.29, 0.717) is 10.7 Å². The molecule has 0 aliphatic heterocycles. The van der Waals surface area contributed by atoms with Crippen LogP contribution in [0.3, 0.4) is 0 Å². The molecule has 5 heteroatoms. The molecule has 0 atom stereocenters. The van der Waals surface area contributed by atoms with E-state index in [1.54, 1.807) is 6.07 Å². The predicted molar refractivity (Wildman–Crippen MR) is 108 cm³/mol. The van der Waals surface area contributed by atoms with Crippen LogP contribution in [0.15, 0.2) is 24.3 Å². The van der Waals surface area contributed by atoms with Gasteiger partial charge < -0.3 is 10.2 Å². The monoisotopic (exact) mass is 372 g/mol. The highest BCUT2D eigenvalue weighted by atomic mass is 35.5. The molecule has 0 aliphatic carbocycles. The van der Waals surface area contributed by atoms with Crippen LogP contribution in [0.1, 0.15) is 34.7 Å². The van der Waals surface area contributed by atoms with Crippen molar-refractivity contribution in [3.05, 3.63) is 57.1 Å². The lowest BCUT2D eigenvalue weighted by Gasteiger charge is -2.24. The molecular formula is C21H25ClN2O2. The van der Waals surface area contributed by atoms with Gasteiger partial charge in [-0.1, -0.05) is 35.4 Å². The van der Waals surface area contributed by atoms with Crippen molar-refractivity contribution in [3.63, 3.8) is 0 Å². The Bertz CT molecular complexity index is 828. The van der Waals surface area contributed by atoms with Crippen LogP contribution in [0.2, 0.25) is 5.02 Å². The van der Waals surface area contributed by atoms with Crippen molar-refractivity contribution in [2.75, 3.05) is 16.8 Å². The zero-order valence-corrected chi connectivity index (χ0v) is 16.9. The third-order valence-corrected chi connectivity index (χ3v) is 4.58. The molecule has 0 radical (unpaired) electrons. The molecule has 0 fully saturated rings.